The van der Waals surface area contributed by atoms with Gasteiger partial charge in [0.05, 0.1) is 17.2 Å². The molecule has 2 aromatic carbocycles. The highest BCUT2D eigenvalue weighted by molar-refractivity contribution is 7.80. The van der Waals surface area contributed by atoms with Crippen LogP contribution >= 0.6 is 12.2 Å². The molecular formula is C20H17FN2S. The summed E-state index contributed by atoms with van der Waals surface area (Å²) in [5.41, 5.74) is 3.29. The fourth-order valence-corrected chi connectivity index (χ4v) is 4.41. The Morgan fingerprint density at radius 1 is 1.25 bits per heavy atom. The van der Waals surface area contributed by atoms with Crippen LogP contribution in [0.4, 0.5) is 10.1 Å². The number of fused-ring (bicyclic) bond motifs is 1. The molecule has 0 radical (unpaired) electrons. The Hall–Kier alpha value is -2.25. The van der Waals surface area contributed by atoms with E-state index in [-0.39, 0.29) is 17.3 Å². The summed E-state index contributed by atoms with van der Waals surface area (Å²) in [5, 5.41) is 12.7. The molecule has 2 unspecified atom stereocenters. The molecule has 1 fully saturated rings. The summed E-state index contributed by atoms with van der Waals surface area (Å²) in [6.45, 7) is 0. The first-order valence-electron chi connectivity index (χ1n) is 8.20. The average Bonchev–Trinajstić information content (AvgIpc) is 2.97. The molecule has 1 aliphatic carbocycles. The summed E-state index contributed by atoms with van der Waals surface area (Å²) >= 11 is 5.70. The van der Waals surface area contributed by atoms with Crippen molar-refractivity contribution in [1.29, 1.82) is 5.26 Å². The molecule has 1 N–H and O–H groups in total. The molecule has 2 aliphatic rings. The van der Waals surface area contributed by atoms with Gasteiger partial charge in [-0.05, 0) is 60.6 Å². The lowest BCUT2D eigenvalue weighted by Gasteiger charge is -2.39. The Morgan fingerprint density at radius 3 is 2.88 bits per heavy atom. The van der Waals surface area contributed by atoms with E-state index in [0.717, 1.165) is 36.2 Å². The van der Waals surface area contributed by atoms with Crippen LogP contribution in [-0.2, 0) is 6.42 Å². The van der Waals surface area contributed by atoms with Gasteiger partial charge in [0.15, 0.2) is 0 Å². The molecule has 120 valence electrons. The number of halogens is 1. The van der Waals surface area contributed by atoms with Crippen molar-refractivity contribution in [3.05, 3.63) is 65.0 Å². The van der Waals surface area contributed by atoms with Crippen LogP contribution in [0.5, 0.6) is 0 Å². The molecule has 2 atom stereocenters. The van der Waals surface area contributed by atoms with Gasteiger partial charge in [0, 0.05) is 17.0 Å². The predicted octanol–water partition coefficient (Wildman–Crippen LogP) is 4.74. The number of nitrogens with one attached hydrogen (secondary N) is 1. The number of hydrogen-bond acceptors (Lipinski definition) is 3. The van der Waals surface area contributed by atoms with Crippen LogP contribution in [-0.4, -0.2) is 10.4 Å². The van der Waals surface area contributed by atoms with Crippen LogP contribution in [0.3, 0.4) is 0 Å². The van der Waals surface area contributed by atoms with Gasteiger partial charge in [0.1, 0.15) is 5.82 Å². The van der Waals surface area contributed by atoms with E-state index in [1.807, 2.05) is 12.1 Å². The first kappa shape index (κ1) is 15.3. The van der Waals surface area contributed by atoms with E-state index in [9.17, 15) is 4.39 Å². The van der Waals surface area contributed by atoms with E-state index in [0.29, 0.717) is 11.1 Å². The van der Waals surface area contributed by atoms with Gasteiger partial charge in [-0.25, -0.2) is 4.39 Å². The van der Waals surface area contributed by atoms with Gasteiger partial charge in [-0.3, -0.25) is 0 Å². The third-order valence-electron chi connectivity index (χ3n) is 5.30. The lowest BCUT2D eigenvalue weighted by molar-refractivity contribution is 0.434. The number of rotatable bonds is 1. The normalized spacial score (nSPS) is 25.2. The van der Waals surface area contributed by atoms with Crippen molar-refractivity contribution < 1.29 is 4.39 Å². The van der Waals surface area contributed by atoms with Gasteiger partial charge >= 0.3 is 0 Å². The number of hydrogen-bond donors (Lipinski definition) is 1. The molecule has 0 bridgehead atoms. The van der Waals surface area contributed by atoms with E-state index in [4.69, 9.17) is 17.5 Å². The van der Waals surface area contributed by atoms with Crippen molar-refractivity contribution in [3.63, 3.8) is 0 Å². The lowest BCUT2D eigenvalue weighted by atomic mass is 9.71. The van der Waals surface area contributed by atoms with Crippen molar-refractivity contribution in [2.45, 2.75) is 37.1 Å². The number of thiocarbonyl (C=S) groups is 1. The third-order valence-corrected chi connectivity index (χ3v) is 5.89. The number of anilines is 1. The monoisotopic (exact) mass is 336 g/mol. The summed E-state index contributed by atoms with van der Waals surface area (Å²) in [7, 11) is 0. The van der Waals surface area contributed by atoms with Crippen LogP contribution in [0.1, 0.15) is 41.9 Å². The maximum absolute atomic E-state index is 14.4. The minimum atomic E-state index is -0.267. The van der Waals surface area contributed by atoms with Crippen LogP contribution in [0, 0.1) is 17.1 Å². The zero-order valence-electron chi connectivity index (χ0n) is 13.2. The molecule has 4 heteroatoms. The molecule has 0 saturated heterocycles. The highest BCUT2D eigenvalue weighted by atomic mass is 32.1. The Morgan fingerprint density at radius 2 is 2.08 bits per heavy atom. The van der Waals surface area contributed by atoms with Crippen LogP contribution in [0.2, 0.25) is 0 Å². The Bertz CT molecular complexity index is 843. The third kappa shape index (κ3) is 2.40. The number of nitriles is 1. The van der Waals surface area contributed by atoms with Crippen molar-refractivity contribution >= 4 is 22.8 Å². The van der Waals surface area contributed by atoms with E-state index >= 15 is 0 Å². The van der Waals surface area contributed by atoms with Gasteiger partial charge < -0.3 is 5.32 Å². The van der Waals surface area contributed by atoms with E-state index in [2.05, 4.69) is 23.5 Å². The van der Waals surface area contributed by atoms with Crippen molar-refractivity contribution in [2.24, 2.45) is 0 Å². The van der Waals surface area contributed by atoms with Gasteiger partial charge in [-0.2, -0.15) is 5.26 Å². The largest absolute Gasteiger partial charge is 0.374 e. The molecule has 4 rings (SSSR count). The molecule has 0 aromatic heterocycles. The fraction of sp³-hybridized carbons (Fsp3) is 0.300. The van der Waals surface area contributed by atoms with Crippen molar-refractivity contribution in [2.75, 3.05) is 5.32 Å². The van der Waals surface area contributed by atoms with Crippen molar-refractivity contribution in [3.8, 4) is 6.07 Å². The predicted molar refractivity (Wildman–Crippen MR) is 96.8 cm³/mol. The second-order valence-corrected chi connectivity index (χ2v) is 7.24. The number of benzene rings is 2. The zero-order chi connectivity index (χ0) is 16.7. The van der Waals surface area contributed by atoms with Gasteiger partial charge in [-0.1, -0.05) is 30.4 Å². The average molecular weight is 336 g/mol. The molecule has 24 heavy (non-hydrogen) atoms. The molecule has 2 nitrogen and oxygen atoms in total. The van der Waals surface area contributed by atoms with Crippen LogP contribution < -0.4 is 5.32 Å². The maximum atomic E-state index is 14.4. The van der Waals surface area contributed by atoms with Crippen molar-refractivity contribution in [1.82, 2.24) is 0 Å². The second kappa shape index (κ2) is 5.68. The Labute approximate surface area is 146 Å². The minimum absolute atomic E-state index is 0.0758. The van der Waals surface area contributed by atoms with Gasteiger partial charge in [0.25, 0.3) is 0 Å². The summed E-state index contributed by atoms with van der Waals surface area (Å²) < 4.78 is 14.4. The molecule has 1 spiro atoms. The topological polar surface area (TPSA) is 35.8 Å². The first-order chi connectivity index (χ1) is 11.6. The highest BCUT2D eigenvalue weighted by Crippen LogP contribution is 2.45. The molecular weight excluding hydrogens is 319 g/mol. The van der Waals surface area contributed by atoms with Gasteiger partial charge in [-0.15, -0.1) is 0 Å². The molecule has 1 saturated carbocycles. The molecule has 1 heterocycles. The molecule has 2 aromatic rings. The van der Waals surface area contributed by atoms with Crippen LogP contribution in [0.25, 0.3) is 0 Å². The van der Waals surface area contributed by atoms with Crippen LogP contribution in [0.15, 0.2) is 42.5 Å². The molecule has 0 amide bonds. The number of nitrogens with zero attached hydrogens (tertiary/aromatic N) is 1. The summed E-state index contributed by atoms with van der Waals surface area (Å²) in [4.78, 5) is 1.03. The smallest absolute Gasteiger partial charge is 0.126 e. The summed E-state index contributed by atoms with van der Waals surface area (Å²) in [6.07, 6.45) is 3.27. The standard InChI is InChI=1S/C20H17FN2S/c21-17-7-5-13(12-22)9-16(17)14-6-8-19(24)20(10-14)11-15-3-1-2-4-18(15)23-20/h1-5,7,9,14,23H,6,8,10-11H2. The maximum Gasteiger partial charge on any atom is 0.126 e. The number of para-hydroxylation sites is 1. The minimum Gasteiger partial charge on any atom is -0.374 e. The fourth-order valence-electron chi connectivity index (χ4n) is 4.09. The summed E-state index contributed by atoms with van der Waals surface area (Å²) in [5.74, 6) is -0.149. The second-order valence-electron chi connectivity index (χ2n) is 6.75. The zero-order valence-corrected chi connectivity index (χ0v) is 14.0. The lowest BCUT2D eigenvalue weighted by Crippen LogP contribution is -2.48. The first-order valence-corrected chi connectivity index (χ1v) is 8.61. The quantitative estimate of drug-likeness (QED) is 0.764. The SMILES string of the molecule is N#Cc1ccc(F)c(C2CCC(=S)C3(Cc4ccccc4N3)C2)c1. The van der Waals surface area contributed by atoms with E-state index in [1.165, 1.54) is 17.7 Å². The Kier molecular flexibility index (Phi) is 3.62. The van der Waals surface area contributed by atoms with E-state index < -0.39 is 0 Å². The van der Waals surface area contributed by atoms with Gasteiger partial charge in [0.2, 0.25) is 0 Å². The Balaban J connectivity index is 1.68. The molecule has 1 aliphatic heterocycles. The highest BCUT2D eigenvalue weighted by Gasteiger charge is 2.45. The summed E-state index contributed by atoms with van der Waals surface area (Å²) in [6, 6.07) is 15.0. The van der Waals surface area contributed by atoms with E-state index in [1.54, 1.807) is 6.07 Å².